The molecule has 7 nitrogen and oxygen atoms in total. The van der Waals surface area contributed by atoms with Gasteiger partial charge in [-0.15, -0.1) is 0 Å². The molecule has 3 unspecified atom stereocenters. The minimum atomic E-state index is -0.838. The molecule has 4 saturated carbocycles. The maximum atomic E-state index is 12.9. The van der Waals surface area contributed by atoms with E-state index < -0.39 is 17.9 Å². The zero-order valence-corrected chi connectivity index (χ0v) is 15.2. The van der Waals surface area contributed by atoms with Crippen LogP contribution >= 0.6 is 0 Å². The van der Waals surface area contributed by atoms with E-state index in [1.54, 1.807) is 24.3 Å². The van der Waals surface area contributed by atoms with Gasteiger partial charge in [-0.25, -0.2) is 0 Å². The zero-order valence-electron chi connectivity index (χ0n) is 15.2. The Morgan fingerprint density at radius 2 is 1.96 bits per heavy atom. The summed E-state index contributed by atoms with van der Waals surface area (Å²) in [4.78, 5) is 38.8. The molecule has 2 N–H and O–H groups in total. The van der Waals surface area contributed by atoms with Crippen molar-refractivity contribution in [3.8, 4) is 5.75 Å². The molecule has 27 heavy (non-hydrogen) atoms. The van der Waals surface area contributed by atoms with Gasteiger partial charge >= 0.3 is 11.8 Å². The van der Waals surface area contributed by atoms with Gasteiger partial charge in [-0.3, -0.25) is 19.3 Å². The van der Waals surface area contributed by atoms with Crippen molar-refractivity contribution < 1.29 is 19.1 Å². The SMILES string of the molecule is CNC(=O)C1CN(C(=O)C(=O)NCC23CC4CC2C3C4)c2ccccc2O1. The summed E-state index contributed by atoms with van der Waals surface area (Å²) >= 11 is 0. The van der Waals surface area contributed by atoms with Crippen molar-refractivity contribution in [1.82, 2.24) is 10.6 Å². The van der Waals surface area contributed by atoms with Crippen LogP contribution in [0, 0.1) is 23.2 Å². The van der Waals surface area contributed by atoms with Crippen LogP contribution in [-0.2, 0) is 14.4 Å². The fourth-order valence-electron chi connectivity index (χ4n) is 5.79. The van der Waals surface area contributed by atoms with E-state index in [0.717, 1.165) is 17.8 Å². The monoisotopic (exact) mass is 369 g/mol. The van der Waals surface area contributed by atoms with E-state index in [1.807, 2.05) is 0 Å². The standard InChI is InChI=1S/C20H23N3O4/c1-21-17(24)16-9-23(14-4-2-3-5-15(14)27-16)19(26)18(25)22-10-20-8-11-6-12(20)13(20)7-11/h2-5,11-13,16H,6-10H2,1H3,(H,21,24)(H,22,25). The predicted octanol–water partition coefficient (Wildman–Crippen LogP) is 0.689. The van der Waals surface area contributed by atoms with Gasteiger partial charge in [0.2, 0.25) is 0 Å². The molecule has 4 bridgehead atoms. The Kier molecular flexibility index (Phi) is 3.51. The Labute approximate surface area is 157 Å². The minimum Gasteiger partial charge on any atom is -0.477 e. The third-order valence-corrected chi connectivity index (χ3v) is 7.03. The predicted molar refractivity (Wildman–Crippen MR) is 97.0 cm³/mol. The number of anilines is 1. The van der Waals surface area contributed by atoms with Crippen molar-refractivity contribution >= 4 is 23.4 Å². The second kappa shape index (κ2) is 5.71. The lowest BCUT2D eigenvalue weighted by molar-refractivity contribution is -0.138. The smallest absolute Gasteiger partial charge is 0.316 e. The molecule has 1 aromatic rings. The van der Waals surface area contributed by atoms with Crippen molar-refractivity contribution in [3.63, 3.8) is 0 Å². The average molecular weight is 369 g/mol. The van der Waals surface area contributed by atoms with Crippen molar-refractivity contribution in [2.24, 2.45) is 23.2 Å². The summed E-state index contributed by atoms with van der Waals surface area (Å²) in [5, 5.41) is 5.41. The first kappa shape index (κ1) is 16.6. The van der Waals surface area contributed by atoms with E-state index >= 15 is 0 Å². The van der Waals surface area contributed by atoms with Gasteiger partial charge in [0.25, 0.3) is 5.91 Å². The van der Waals surface area contributed by atoms with Gasteiger partial charge < -0.3 is 15.4 Å². The highest BCUT2D eigenvalue weighted by molar-refractivity contribution is 6.40. The molecule has 6 rings (SSSR count). The summed E-state index contributed by atoms with van der Waals surface area (Å²) in [6, 6.07) is 6.97. The first-order valence-corrected chi connectivity index (χ1v) is 9.60. The summed E-state index contributed by atoms with van der Waals surface area (Å²) in [6.45, 7) is 0.607. The fourth-order valence-corrected chi connectivity index (χ4v) is 5.79. The number of ether oxygens (including phenoxy) is 1. The largest absolute Gasteiger partial charge is 0.477 e. The molecule has 0 saturated heterocycles. The number of carbonyl (C=O) groups is 3. The normalized spacial score (nSPS) is 34.5. The van der Waals surface area contributed by atoms with E-state index in [1.165, 1.54) is 31.2 Å². The first-order valence-electron chi connectivity index (χ1n) is 9.60. The highest BCUT2D eigenvalue weighted by atomic mass is 16.5. The van der Waals surface area contributed by atoms with Crippen LogP contribution in [0.25, 0.3) is 0 Å². The number of nitrogens with one attached hydrogen (secondary N) is 2. The van der Waals surface area contributed by atoms with Gasteiger partial charge in [-0.05, 0) is 54.6 Å². The minimum absolute atomic E-state index is 0.0153. The first-order chi connectivity index (χ1) is 13.0. The van der Waals surface area contributed by atoms with Crippen LogP contribution in [0.5, 0.6) is 5.75 Å². The number of amides is 3. The molecule has 1 aromatic carbocycles. The van der Waals surface area contributed by atoms with E-state index in [4.69, 9.17) is 4.74 Å². The Morgan fingerprint density at radius 3 is 2.63 bits per heavy atom. The van der Waals surface area contributed by atoms with Crippen molar-refractivity contribution in [3.05, 3.63) is 24.3 Å². The van der Waals surface area contributed by atoms with E-state index in [2.05, 4.69) is 10.6 Å². The number of fused-ring (bicyclic) bond motifs is 1. The van der Waals surface area contributed by atoms with Gasteiger partial charge in [0, 0.05) is 13.6 Å². The van der Waals surface area contributed by atoms with Gasteiger partial charge in [0.1, 0.15) is 5.75 Å². The number of rotatable bonds is 3. The summed E-state index contributed by atoms with van der Waals surface area (Å²) in [6.07, 6.45) is 2.93. The maximum absolute atomic E-state index is 12.9. The molecule has 3 amide bonds. The van der Waals surface area contributed by atoms with Crippen LogP contribution in [0.1, 0.15) is 19.3 Å². The highest BCUT2D eigenvalue weighted by Gasteiger charge is 2.73. The maximum Gasteiger partial charge on any atom is 0.316 e. The average Bonchev–Trinajstić information content (AvgIpc) is 3.14. The topological polar surface area (TPSA) is 87.7 Å². The van der Waals surface area contributed by atoms with Crippen LogP contribution < -0.4 is 20.3 Å². The quantitative estimate of drug-likeness (QED) is 0.768. The second-order valence-corrected chi connectivity index (χ2v) is 8.27. The Hall–Kier alpha value is -2.57. The molecule has 1 heterocycles. The highest BCUT2D eigenvalue weighted by Crippen LogP contribution is 2.78. The molecule has 0 radical (unpaired) electrons. The van der Waals surface area contributed by atoms with Gasteiger partial charge in [0.05, 0.1) is 12.2 Å². The molecule has 1 aliphatic heterocycles. The molecular formula is C20H23N3O4. The molecule has 4 fully saturated rings. The zero-order chi connectivity index (χ0) is 18.8. The molecule has 7 heteroatoms. The van der Waals surface area contributed by atoms with E-state index in [9.17, 15) is 14.4 Å². The molecule has 4 aliphatic carbocycles. The Balaban J connectivity index is 1.31. The van der Waals surface area contributed by atoms with Gasteiger partial charge in [0.15, 0.2) is 6.10 Å². The Morgan fingerprint density at radius 1 is 1.22 bits per heavy atom. The number of carbonyl (C=O) groups excluding carboxylic acids is 3. The van der Waals surface area contributed by atoms with Gasteiger partial charge in [-0.2, -0.15) is 0 Å². The number of nitrogens with zero attached hydrogens (tertiary/aromatic N) is 1. The summed E-state index contributed by atoms with van der Waals surface area (Å²) in [5.74, 6) is 1.18. The fraction of sp³-hybridized carbons (Fsp3) is 0.550. The summed E-state index contributed by atoms with van der Waals surface area (Å²) < 4.78 is 5.69. The molecule has 3 atom stereocenters. The molecule has 5 aliphatic rings. The number of hydrogen-bond acceptors (Lipinski definition) is 4. The number of likely N-dealkylation sites (N-methyl/N-ethyl adjacent to an activating group) is 1. The van der Waals surface area contributed by atoms with Crippen LogP contribution in [0.2, 0.25) is 0 Å². The van der Waals surface area contributed by atoms with E-state index in [-0.39, 0.29) is 17.9 Å². The van der Waals surface area contributed by atoms with Crippen molar-refractivity contribution in [2.75, 3.05) is 25.0 Å². The summed E-state index contributed by atoms with van der Waals surface area (Å²) in [5.41, 5.74) is 0.775. The van der Waals surface area contributed by atoms with E-state index in [0.29, 0.717) is 18.0 Å². The van der Waals surface area contributed by atoms with Crippen molar-refractivity contribution in [1.29, 1.82) is 0 Å². The lowest BCUT2D eigenvalue weighted by Gasteiger charge is -2.33. The summed E-state index contributed by atoms with van der Waals surface area (Å²) in [7, 11) is 1.52. The van der Waals surface area contributed by atoms with Crippen LogP contribution in [0.3, 0.4) is 0 Å². The molecular weight excluding hydrogens is 346 g/mol. The molecule has 0 aromatic heterocycles. The third-order valence-electron chi connectivity index (χ3n) is 7.03. The van der Waals surface area contributed by atoms with Crippen LogP contribution in [0.15, 0.2) is 24.3 Å². The lowest BCUT2D eigenvalue weighted by atomic mass is 10.0. The van der Waals surface area contributed by atoms with Crippen molar-refractivity contribution in [2.45, 2.75) is 25.4 Å². The number of para-hydroxylation sites is 2. The van der Waals surface area contributed by atoms with Crippen LogP contribution in [-0.4, -0.2) is 44.0 Å². The lowest BCUT2D eigenvalue weighted by Crippen LogP contribution is -2.53. The second-order valence-electron chi connectivity index (χ2n) is 8.27. The molecule has 142 valence electrons. The Bertz CT molecular complexity index is 826. The van der Waals surface area contributed by atoms with Gasteiger partial charge in [-0.1, -0.05) is 12.1 Å². The molecule has 0 spiro atoms. The van der Waals surface area contributed by atoms with Crippen LogP contribution in [0.4, 0.5) is 5.69 Å². The number of hydrogen-bond donors (Lipinski definition) is 2. The number of benzene rings is 1. The third kappa shape index (κ3) is 2.37.